The lowest BCUT2D eigenvalue weighted by Gasteiger charge is -2.11. The van der Waals surface area contributed by atoms with Gasteiger partial charge in [-0.05, 0) is 24.2 Å². The number of nitrogens with one attached hydrogen (secondary N) is 1. The summed E-state index contributed by atoms with van der Waals surface area (Å²) in [5, 5.41) is 10.9. The van der Waals surface area contributed by atoms with E-state index in [-0.39, 0.29) is 6.61 Å². The molecule has 0 fully saturated rings. The topological polar surface area (TPSA) is 69.4 Å². The summed E-state index contributed by atoms with van der Waals surface area (Å²) >= 11 is 0. The van der Waals surface area contributed by atoms with Crippen molar-refractivity contribution >= 4 is 0 Å². The lowest BCUT2D eigenvalue weighted by Crippen LogP contribution is -2.11. The molecule has 1 aromatic heterocycles. The van der Waals surface area contributed by atoms with E-state index in [2.05, 4.69) is 22.4 Å². The van der Waals surface area contributed by atoms with Crippen LogP contribution in [0, 0.1) is 6.92 Å². The number of hydrogen-bond donors (Lipinski definition) is 1. The van der Waals surface area contributed by atoms with E-state index in [1.165, 1.54) is 0 Å². The summed E-state index contributed by atoms with van der Waals surface area (Å²) < 4.78 is 16.2. The molecule has 0 aliphatic carbocycles. The second-order valence-electron chi connectivity index (χ2n) is 4.27. The van der Waals surface area contributed by atoms with Crippen molar-refractivity contribution in [3.05, 3.63) is 35.5 Å². The SMILES string of the molecule is CCNCc1ccc(OCc2nnc(C)o2)c(OC)c1. The van der Waals surface area contributed by atoms with E-state index in [9.17, 15) is 0 Å². The number of hydrogen-bond acceptors (Lipinski definition) is 6. The quantitative estimate of drug-likeness (QED) is 0.835. The van der Waals surface area contributed by atoms with Gasteiger partial charge >= 0.3 is 0 Å². The zero-order chi connectivity index (χ0) is 14.4. The fourth-order valence-corrected chi connectivity index (χ4v) is 1.75. The van der Waals surface area contributed by atoms with Gasteiger partial charge in [-0.1, -0.05) is 13.0 Å². The van der Waals surface area contributed by atoms with Crippen LogP contribution in [0.3, 0.4) is 0 Å². The molecule has 0 saturated heterocycles. The normalized spacial score (nSPS) is 10.6. The van der Waals surface area contributed by atoms with Crippen LogP contribution in [0.5, 0.6) is 11.5 Å². The van der Waals surface area contributed by atoms with E-state index < -0.39 is 0 Å². The number of nitrogens with zero attached hydrogens (tertiary/aromatic N) is 2. The zero-order valence-electron chi connectivity index (χ0n) is 12.0. The molecule has 108 valence electrons. The summed E-state index contributed by atoms with van der Waals surface area (Å²) in [5.74, 6) is 2.32. The second-order valence-corrected chi connectivity index (χ2v) is 4.27. The van der Waals surface area contributed by atoms with Gasteiger partial charge in [-0.2, -0.15) is 0 Å². The van der Waals surface area contributed by atoms with Crippen molar-refractivity contribution in [1.29, 1.82) is 0 Å². The Morgan fingerprint density at radius 3 is 2.75 bits per heavy atom. The molecular formula is C14H19N3O3. The molecule has 2 aromatic rings. The summed E-state index contributed by atoms with van der Waals surface area (Å²) in [6.45, 7) is 5.77. The van der Waals surface area contributed by atoms with Gasteiger partial charge in [0.05, 0.1) is 7.11 Å². The molecular weight excluding hydrogens is 258 g/mol. The van der Waals surface area contributed by atoms with E-state index >= 15 is 0 Å². The molecule has 0 unspecified atom stereocenters. The molecule has 6 nitrogen and oxygen atoms in total. The van der Waals surface area contributed by atoms with Crippen LogP contribution in [0.4, 0.5) is 0 Å². The second kappa shape index (κ2) is 6.91. The van der Waals surface area contributed by atoms with Crippen molar-refractivity contribution in [2.45, 2.75) is 27.0 Å². The highest BCUT2D eigenvalue weighted by Crippen LogP contribution is 2.28. The standard InChI is InChI=1S/C14H19N3O3/c1-4-15-8-11-5-6-12(13(7-11)18-3)19-9-14-17-16-10(2)20-14/h5-7,15H,4,8-9H2,1-3H3. The summed E-state index contributed by atoms with van der Waals surface area (Å²) in [5.41, 5.74) is 1.14. The molecule has 1 heterocycles. The molecule has 0 aliphatic heterocycles. The Labute approximate surface area is 118 Å². The minimum Gasteiger partial charge on any atom is -0.493 e. The predicted octanol–water partition coefficient (Wildman–Crippen LogP) is 2.08. The zero-order valence-corrected chi connectivity index (χ0v) is 12.0. The number of methoxy groups -OCH3 is 1. The Hall–Kier alpha value is -2.08. The highest BCUT2D eigenvalue weighted by atomic mass is 16.5. The highest BCUT2D eigenvalue weighted by molar-refractivity contribution is 5.42. The lowest BCUT2D eigenvalue weighted by atomic mass is 10.2. The van der Waals surface area contributed by atoms with Gasteiger partial charge in [0, 0.05) is 13.5 Å². The van der Waals surface area contributed by atoms with Crippen molar-refractivity contribution in [2.24, 2.45) is 0 Å². The molecule has 20 heavy (non-hydrogen) atoms. The third-order valence-electron chi connectivity index (χ3n) is 2.73. The molecule has 0 spiro atoms. The lowest BCUT2D eigenvalue weighted by molar-refractivity contribution is 0.248. The molecule has 1 N–H and O–H groups in total. The van der Waals surface area contributed by atoms with Crippen LogP contribution >= 0.6 is 0 Å². The van der Waals surface area contributed by atoms with Crippen LogP contribution in [0.1, 0.15) is 24.3 Å². The Morgan fingerprint density at radius 2 is 2.10 bits per heavy atom. The Kier molecular flexibility index (Phi) is 4.95. The molecule has 6 heteroatoms. The maximum atomic E-state index is 5.65. The summed E-state index contributed by atoms with van der Waals surface area (Å²) in [6, 6.07) is 5.84. The van der Waals surface area contributed by atoms with Crippen LogP contribution in [0.15, 0.2) is 22.6 Å². The molecule has 0 saturated carbocycles. The van der Waals surface area contributed by atoms with Crippen molar-refractivity contribution in [1.82, 2.24) is 15.5 Å². The Morgan fingerprint density at radius 1 is 1.25 bits per heavy atom. The minimum atomic E-state index is 0.226. The molecule has 2 rings (SSSR count). The first kappa shape index (κ1) is 14.3. The molecule has 0 radical (unpaired) electrons. The van der Waals surface area contributed by atoms with Gasteiger partial charge in [0.15, 0.2) is 18.1 Å². The van der Waals surface area contributed by atoms with Crippen molar-refractivity contribution < 1.29 is 13.9 Å². The fourth-order valence-electron chi connectivity index (χ4n) is 1.75. The summed E-state index contributed by atoms with van der Waals surface area (Å²) in [6.07, 6.45) is 0. The van der Waals surface area contributed by atoms with Crippen LogP contribution in [0.25, 0.3) is 0 Å². The van der Waals surface area contributed by atoms with Gasteiger partial charge in [0.25, 0.3) is 5.89 Å². The van der Waals surface area contributed by atoms with Crippen LogP contribution in [-0.2, 0) is 13.2 Å². The largest absolute Gasteiger partial charge is 0.493 e. The number of aromatic nitrogens is 2. The van der Waals surface area contributed by atoms with Gasteiger partial charge in [-0.3, -0.25) is 0 Å². The fraction of sp³-hybridized carbons (Fsp3) is 0.429. The first-order chi connectivity index (χ1) is 9.72. The number of benzene rings is 1. The average Bonchev–Trinajstić information content (AvgIpc) is 2.88. The molecule has 0 aliphatic rings. The van der Waals surface area contributed by atoms with E-state index in [0.717, 1.165) is 18.7 Å². The van der Waals surface area contributed by atoms with Crippen molar-refractivity contribution in [3.8, 4) is 11.5 Å². The molecule has 0 atom stereocenters. The molecule has 0 bridgehead atoms. The van der Waals surface area contributed by atoms with Gasteiger partial charge in [-0.25, -0.2) is 0 Å². The van der Waals surface area contributed by atoms with Gasteiger partial charge < -0.3 is 19.2 Å². The monoisotopic (exact) mass is 277 g/mol. The third kappa shape index (κ3) is 3.71. The first-order valence-corrected chi connectivity index (χ1v) is 6.52. The maximum Gasteiger partial charge on any atom is 0.253 e. The van der Waals surface area contributed by atoms with E-state index in [4.69, 9.17) is 13.9 Å². The Balaban J connectivity index is 2.03. The first-order valence-electron chi connectivity index (χ1n) is 6.52. The predicted molar refractivity (Wildman–Crippen MR) is 73.7 cm³/mol. The number of rotatable bonds is 7. The minimum absolute atomic E-state index is 0.226. The smallest absolute Gasteiger partial charge is 0.253 e. The third-order valence-corrected chi connectivity index (χ3v) is 2.73. The van der Waals surface area contributed by atoms with Gasteiger partial charge in [-0.15, -0.1) is 10.2 Å². The van der Waals surface area contributed by atoms with Crippen LogP contribution in [0.2, 0.25) is 0 Å². The number of ether oxygens (including phenoxy) is 2. The van der Waals surface area contributed by atoms with E-state index in [1.54, 1.807) is 14.0 Å². The number of aryl methyl sites for hydroxylation is 1. The van der Waals surface area contributed by atoms with E-state index in [1.807, 2.05) is 18.2 Å². The highest BCUT2D eigenvalue weighted by Gasteiger charge is 2.08. The van der Waals surface area contributed by atoms with Gasteiger partial charge in [0.2, 0.25) is 5.89 Å². The van der Waals surface area contributed by atoms with Crippen LogP contribution < -0.4 is 14.8 Å². The average molecular weight is 277 g/mol. The molecule has 0 amide bonds. The summed E-state index contributed by atoms with van der Waals surface area (Å²) in [7, 11) is 1.62. The maximum absolute atomic E-state index is 5.65. The van der Waals surface area contributed by atoms with Crippen molar-refractivity contribution in [2.75, 3.05) is 13.7 Å². The van der Waals surface area contributed by atoms with Gasteiger partial charge in [0.1, 0.15) is 0 Å². The Bertz CT molecular complexity index is 554. The van der Waals surface area contributed by atoms with Crippen LogP contribution in [-0.4, -0.2) is 23.9 Å². The molecule has 1 aromatic carbocycles. The van der Waals surface area contributed by atoms with Crippen molar-refractivity contribution in [3.63, 3.8) is 0 Å². The summed E-state index contributed by atoms with van der Waals surface area (Å²) in [4.78, 5) is 0. The van der Waals surface area contributed by atoms with E-state index in [0.29, 0.717) is 23.3 Å².